The van der Waals surface area contributed by atoms with Crippen molar-refractivity contribution in [3.8, 4) is 0 Å². The predicted octanol–water partition coefficient (Wildman–Crippen LogP) is 2.49. The number of ether oxygens (including phenoxy) is 2. The molecule has 0 radical (unpaired) electrons. The number of benzene rings is 1. The highest BCUT2D eigenvalue weighted by Gasteiger charge is 2.36. The van der Waals surface area contributed by atoms with Crippen molar-refractivity contribution in [2.24, 2.45) is 11.8 Å². The van der Waals surface area contributed by atoms with E-state index in [1.165, 1.54) is 0 Å². The number of amides is 2. The summed E-state index contributed by atoms with van der Waals surface area (Å²) in [5.74, 6) is -0.365. The number of alkyl carbamates (subject to hydrolysis) is 1. The molecule has 1 aliphatic heterocycles. The molecule has 8 heteroatoms. The van der Waals surface area contributed by atoms with Gasteiger partial charge in [-0.3, -0.25) is 5.32 Å². The van der Waals surface area contributed by atoms with Crippen LogP contribution >= 0.6 is 0 Å². The number of aliphatic hydroxyl groups is 2. The zero-order valence-corrected chi connectivity index (χ0v) is 17.5. The first-order valence-electron chi connectivity index (χ1n) is 9.88. The van der Waals surface area contributed by atoms with Gasteiger partial charge in [-0.15, -0.1) is 0 Å². The zero-order valence-electron chi connectivity index (χ0n) is 17.5. The number of likely N-dealkylation sites (tertiary alicyclic amines) is 1. The SMILES string of the molecule is CC(C1CCN(C(=O)OCc2ccccc2)C1)C(O)C(O)NC(=O)OC(C)(C)C. The van der Waals surface area contributed by atoms with Gasteiger partial charge in [-0.1, -0.05) is 37.3 Å². The molecule has 1 saturated heterocycles. The zero-order chi connectivity index (χ0) is 21.6. The van der Waals surface area contributed by atoms with Crippen LogP contribution < -0.4 is 5.32 Å². The van der Waals surface area contributed by atoms with E-state index in [0.717, 1.165) is 5.56 Å². The summed E-state index contributed by atoms with van der Waals surface area (Å²) in [6.07, 6.45) is -3.16. The van der Waals surface area contributed by atoms with Crippen molar-refractivity contribution >= 4 is 12.2 Å². The number of rotatable bonds is 6. The van der Waals surface area contributed by atoms with Gasteiger partial charge in [0.1, 0.15) is 18.3 Å². The quantitative estimate of drug-likeness (QED) is 0.624. The van der Waals surface area contributed by atoms with Crippen LogP contribution in [0.15, 0.2) is 30.3 Å². The van der Waals surface area contributed by atoms with Crippen molar-refractivity contribution < 1.29 is 29.3 Å². The fraction of sp³-hybridized carbons (Fsp3) is 0.619. The van der Waals surface area contributed by atoms with Crippen molar-refractivity contribution in [2.75, 3.05) is 13.1 Å². The maximum Gasteiger partial charge on any atom is 0.410 e. The number of hydrogen-bond donors (Lipinski definition) is 3. The second-order valence-electron chi connectivity index (χ2n) is 8.48. The van der Waals surface area contributed by atoms with Gasteiger partial charge in [-0.05, 0) is 44.6 Å². The molecule has 1 fully saturated rings. The molecule has 3 N–H and O–H groups in total. The Morgan fingerprint density at radius 2 is 1.90 bits per heavy atom. The number of nitrogens with one attached hydrogen (secondary N) is 1. The lowest BCUT2D eigenvalue weighted by atomic mass is 9.88. The first-order chi connectivity index (χ1) is 13.6. The Bertz CT molecular complexity index is 675. The summed E-state index contributed by atoms with van der Waals surface area (Å²) in [5, 5.41) is 22.8. The number of nitrogens with zero attached hydrogens (tertiary/aromatic N) is 1. The van der Waals surface area contributed by atoms with Crippen molar-refractivity contribution in [2.45, 2.75) is 58.7 Å². The molecule has 1 heterocycles. The molecule has 2 amide bonds. The van der Waals surface area contributed by atoms with E-state index in [1.807, 2.05) is 30.3 Å². The van der Waals surface area contributed by atoms with Gasteiger partial charge in [0, 0.05) is 13.1 Å². The van der Waals surface area contributed by atoms with Crippen LogP contribution in [-0.2, 0) is 16.1 Å². The van der Waals surface area contributed by atoms with Crippen LogP contribution in [-0.4, -0.2) is 58.3 Å². The highest BCUT2D eigenvalue weighted by Crippen LogP contribution is 2.28. The lowest BCUT2D eigenvalue weighted by molar-refractivity contribution is -0.0476. The van der Waals surface area contributed by atoms with Crippen LogP contribution in [0.2, 0.25) is 0 Å². The van der Waals surface area contributed by atoms with Gasteiger partial charge in [0.05, 0.1) is 0 Å². The summed E-state index contributed by atoms with van der Waals surface area (Å²) in [4.78, 5) is 25.7. The summed E-state index contributed by atoms with van der Waals surface area (Å²) >= 11 is 0. The molecule has 0 saturated carbocycles. The Kier molecular flexibility index (Phi) is 7.87. The third-order valence-corrected chi connectivity index (χ3v) is 4.96. The van der Waals surface area contributed by atoms with Gasteiger partial charge >= 0.3 is 12.2 Å². The summed E-state index contributed by atoms with van der Waals surface area (Å²) < 4.78 is 10.4. The lowest BCUT2D eigenvalue weighted by Gasteiger charge is -2.29. The second kappa shape index (κ2) is 9.93. The summed E-state index contributed by atoms with van der Waals surface area (Å²) in [6, 6.07) is 9.44. The largest absolute Gasteiger partial charge is 0.445 e. The molecule has 0 bridgehead atoms. The van der Waals surface area contributed by atoms with Gasteiger partial charge in [0.25, 0.3) is 0 Å². The number of carbonyl (C=O) groups is 2. The molecule has 4 unspecified atom stereocenters. The normalized spacial score (nSPS) is 19.9. The smallest absolute Gasteiger partial charge is 0.410 e. The fourth-order valence-corrected chi connectivity index (χ4v) is 3.27. The van der Waals surface area contributed by atoms with Crippen molar-refractivity contribution in [3.63, 3.8) is 0 Å². The highest BCUT2D eigenvalue weighted by molar-refractivity contribution is 5.68. The molecule has 29 heavy (non-hydrogen) atoms. The molecule has 4 atom stereocenters. The first-order valence-corrected chi connectivity index (χ1v) is 9.88. The van der Waals surface area contributed by atoms with E-state index in [0.29, 0.717) is 19.5 Å². The molecule has 8 nitrogen and oxygen atoms in total. The Morgan fingerprint density at radius 1 is 1.24 bits per heavy atom. The molecule has 2 rings (SSSR count). The Labute approximate surface area is 171 Å². The molecular formula is C21H32N2O6. The molecule has 0 aromatic heterocycles. The minimum Gasteiger partial charge on any atom is -0.445 e. The molecular weight excluding hydrogens is 376 g/mol. The maximum absolute atomic E-state index is 12.3. The van der Waals surface area contributed by atoms with Crippen molar-refractivity contribution in [1.29, 1.82) is 0 Å². The van der Waals surface area contributed by atoms with Gasteiger partial charge in [-0.25, -0.2) is 9.59 Å². The van der Waals surface area contributed by atoms with E-state index in [-0.39, 0.29) is 18.4 Å². The molecule has 1 aromatic carbocycles. The van der Waals surface area contributed by atoms with Crippen LogP contribution in [0.5, 0.6) is 0 Å². The van der Waals surface area contributed by atoms with Crippen LogP contribution in [0.4, 0.5) is 9.59 Å². The molecule has 0 spiro atoms. The van der Waals surface area contributed by atoms with Gasteiger partial charge in [0.15, 0.2) is 6.23 Å². The minimum atomic E-state index is -1.46. The van der Waals surface area contributed by atoms with E-state index in [9.17, 15) is 19.8 Å². The van der Waals surface area contributed by atoms with Crippen LogP contribution in [0.3, 0.4) is 0 Å². The van der Waals surface area contributed by atoms with Gasteiger partial charge < -0.3 is 24.6 Å². The average molecular weight is 408 g/mol. The van der Waals surface area contributed by atoms with E-state index in [4.69, 9.17) is 9.47 Å². The van der Waals surface area contributed by atoms with E-state index >= 15 is 0 Å². The molecule has 1 aliphatic rings. The Hall–Kier alpha value is -2.32. The number of hydrogen-bond acceptors (Lipinski definition) is 6. The third-order valence-electron chi connectivity index (χ3n) is 4.96. The topological polar surface area (TPSA) is 108 Å². The van der Waals surface area contributed by atoms with Crippen molar-refractivity contribution in [3.05, 3.63) is 35.9 Å². The molecule has 162 valence electrons. The summed E-state index contributed by atoms with van der Waals surface area (Å²) in [7, 11) is 0. The highest BCUT2D eigenvalue weighted by atomic mass is 16.6. The van der Waals surface area contributed by atoms with E-state index < -0.39 is 30.1 Å². The average Bonchev–Trinajstić information content (AvgIpc) is 3.14. The Balaban J connectivity index is 1.80. The fourth-order valence-electron chi connectivity index (χ4n) is 3.27. The van der Waals surface area contributed by atoms with E-state index in [1.54, 1.807) is 32.6 Å². The van der Waals surface area contributed by atoms with Crippen molar-refractivity contribution in [1.82, 2.24) is 10.2 Å². The monoisotopic (exact) mass is 408 g/mol. The van der Waals surface area contributed by atoms with Crippen LogP contribution in [0.1, 0.15) is 39.7 Å². The summed E-state index contributed by atoms with van der Waals surface area (Å²) in [6.45, 7) is 8.06. The lowest BCUT2D eigenvalue weighted by Crippen LogP contribution is -2.49. The summed E-state index contributed by atoms with van der Waals surface area (Å²) in [5.41, 5.74) is 0.212. The number of aliphatic hydroxyl groups excluding tert-OH is 2. The maximum atomic E-state index is 12.3. The predicted molar refractivity (Wildman–Crippen MR) is 107 cm³/mol. The second-order valence-corrected chi connectivity index (χ2v) is 8.48. The van der Waals surface area contributed by atoms with Crippen LogP contribution in [0.25, 0.3) is 0 Å². The van der Waals surface area contributed by atoms with Gasteiger partial charge in [-0.2, -0.15) is 0 Å². The molecule has 0 aliphatic carbocycles. The Morgan fingerprint density at radius 3 is 2.52 bits per heavy atom. The van der Waals surface area contributed by atoms with E-state index in [2.05, 4.69) is 5.32 Å². The van der Waals surface area contributed by atoms with Gasteiger partial charge in [0.2, 0.25) is 0 Å². The standard InChI is InChI=1S/C21H32N2O6/c1-14(17(24)18(25)22-19(26)29-21(2,3)4)16-10-11-23(12-16)20(27)28-13-15-8-6-5-7-9-15/h5-9,14,16-18,24-25H,10-13H2,1-4H3,(H,22,26). The first kappa shape index (κ1) is 23.0. The minimum absolute atomic E-state index is 0.0237. The third kappa shape index (κ3) is 7.21. The number of carbonyl (C=O) groups excluding carboxylic acids is 2. The van der Waals surface area contributed by atoms with Crippen LogP contribution in [0, 0.1) is 11.8 Å². The molecule has 1 aromatic rings.